The highest BCUT2D eigenvalue weighted by Gasteiger charge is 2.30. The molecule has 21 heavy (non-hydrogen) atoms. The first-order chi connectivity index (χ1) is 9.99. The molecule has 0 aliphatic rings. The molecule has 1 N–H and O–H groups in total. The monoisotopic (exact) mass is 298 g/mol. The van der Waals surface area contributed by atoms with E-state index in [-0.39, 0.29) is 6.54 Å². The molecule has 1 heterocycles. The second kappa shape index (κ2) is 6.71. The molecule has 0 saturated heterocycles. The molecule has 7 heteroatoms. The van der Waals surface area contributed by atoms with Gasteiger partial charge in [-0.15, -0.1) is 5.10 Å². The lowest BCUT2D eigenvalue weighted by Crippen LogP contribution is -2.13. The van der Waals surface area contributed by atoms with Crippen LogP contribution in [0.25, 0.3) is 0 Å². The number of hydrogen-bond acceptors (Lipinski definition) is 3. The van der Waals surface area contributed by atoms with Crippen molar-refractivity contribution >= 4 is 0 Å². The molecule has 2 rings (SSSR count). The number of alkyl halides is 3. The quantitative estimate of drug-likeness (QED) is 0.834. The van der Waals surface area contributed by atoms with Crippen LogP contribution in [0.1, 0.15) is 30.2 Å². The molecule has 1 aromatic heterocycles. The van der Waals surface area contributed by atoms with E-state index >= 15 is 0 Å². The second-order valence-corrected chi connectivity index (χ2v) is 4.78. The highest BCUT2D eigenvalue weighted by molar-refractivity contribution is 5.25. The van der Waals surface area contributed by atoms with Crippen molar-refractivity contribution in [1.82, 2.24) is 20.3 Å². The molecule has 0 bridgehead atoms. The van der Waals surface area contributed by atoms with Gasteiger partial charge in [-0.3, -0.25) is 0 Å². The molecule has 0 spiro atoms. The van der Waals surface area contributed by atoms with Gasteiger partial charge >= 0.3 is 6.18 Å². The van der Waals surface area contributed by atoms with Gasteiger partial charge in [-0.1, -0.05) is 24.3 Å². The molecule has 0 fully saturated rings. The van der Waals surface area contributed by atoms with E-state index in [9.17, 15) is 13.2 Å². The van der Waals surface area contributed by atoms with Crippen LogP contribution in [-0.4, -0.2) is 21.5 Å². The average Bonchev–Trinajstić information content (AvgIpc) is 2.86. The lowest BCUT2D eigenvalue weighted by atomic mass is 10.1. The SMILES string of the molecule is CCCNCc1cn(Cc2cccc(C(F)(F)F)c2)nn1. The van der Waals surface area contributed by atoms with Gasteiger partial charge in [-0.05, 0) is 30.7 Å². The molecular weight excluding hydrogens is 281 g/mol. The van der Waals surface area contributed by atoms with Gasteiger partial charge < -0.3 is 5.32 Å². The predicted molar refractivity (Wildman–Crippen MR) is 72.6 cm³/mol. The van der Waals surface area contributed by atoms with Gasteiger partial charge in [0.05, 0.1) is 24.0 Å². The first-order valence-electron chi connectivity index (χ1n) is 6.75. The lowest BCUT2D eigenvalue weighted by molar-refractivity contribution is -0.137. The maximum atomic E-state index is 12.6. The molecule has 0 atom stereocenters. The Bertz CT molecular complexity index is 578. The third kappa shape index (κ3) is 4.56. The van der Waals surface area contributed by atoms with Gasteiger partial charge in [0.1, 0.15) is 0 Å². The Kier molecular flexibility index (Phi) is 4.95. The minimum absolute atomic E-state index is 0.269. The van der Waals surface area contributed by atoms with E-state index in [1.807, 2.05) is 0 Å². The zero-order valence-corrected chi connectivity index (χ0v) is 11.7. The smallest absolute Gasteiger partial charge is 0.311 e. The molecule has 0 unspecified atom stereocenters. The molecule has 0 amide bonds. The van der Waals surface area contributed by atoms with Gasteiger partial charge in [-0.2, -0.15) is 13.2 Å². The summed E-state index contributed by atoms with van der Waals surface area (Å²) in [5.41, 5.74) is 0.670. The van der Waals surface area contributed by atoms with Crippen molar-refractivity contribution < 1.29 is 13.2 Å². The standard InChI is InChI=1S/C14H17F3N4/c1-2-6-18-8-13-10-21(20-19-13)9-11-4-3-5-12(7-11)14(15,16)17/h3-5,7,10,18H,2,6,8-9H2,1H3. The summed E-state index contributed by atoms with van der Waals surface area (Å²) >= 11 is 0. The number of aromatic nitrogens is 3. The minimum atomic E-state index is -4.33. The molecule has 0 saturated carbocycles. The lowest BCUT2D eigenvalue weighted by Gasteiger charge is -2.08. The maximum Gasteiger partial charge on any atom is 0.416 e. The molecule has 0 radical (unpaired) electrons. The zero-order chi connectivity index (χ0) is 15.3. The summed E-state index contributed by atoms with van der Waals surface area (Å²) in [7, 11) is 0. The molecule has 0 aliphatic heterocycles. The van der Waals surface area contributed by atoms with Crippen LogP contribution in [0.3, 0.4) is 0 Å². The van der Waals surface area contributed by atoms with Crippen molar-refractivity contribution in [2.75, 3.05) is 6.54 Å². The van der Waals surface area contributed by atoms with Gasteiger partial charge in [0.25, 0.3) is 0 Å². The van der Waals surface area contributed by atoms with Crippen LogP contribution in [0.2, 0.25) is 0 Å². The summed E-state index contributed by atoms with van der Waals surface area (Å²) in [5, 5.41) is 11.1. The Morgan fingerprint density at radius 3 is 2.81 bits per heavy atom. The first-order valence-corrected chi connectivity index (χ1v) is 6.75. The Labute approximate surface area is 121 Å². The number of halogens is 3. The summed E-state index contributed by atoms with van der Waals surface area (Å²) < 4.78 is 39.5. The van der Waals surface area contributed by atoms with Crippen LogP contribution < -0.4 is 5.32 Å². The first kappa shape index (κ1) is 15.5. The summed E-state index contributed by atoms with van der Waals surface area (Å²) in [6.45, 7) is 3.83. The van der Waals surface area contributed by atoms with Crippen molar-refractivity contribution in [2.24, 2.45) is 0 Å². The van der Waals surface area contributed by atoms with E-state index in [0.29, 0.717) is 12.1 Å². The topological polar surface area (TPSA) is 42.7 Å². The fourth-order valence-electron chi connectivity index (χ4n) is 1.92. The largest absolute Gasteiger partial charge is 0.416 e. The summed E-state index contributed by atoms with van der Waals surface area (Å²) in [4.78, 5) is 0. The molecule has 114 valence electrons. The van der Waals surface area contributed by atoms with Gasteiger partial charge in [-0.25, -0.2) is 4.68 Å². The number of nitrogens with one attached hydrogen (secondary N) is 1. The van der Waals surface area contributed by atoms with Crippen molar-refractivity contribution in [3.63, 3.8) is 0 Å². The third-order valence-electron chi connectivity index (χ3n) is 2.92. The minimum Gasteiger partial charge on any atom is -0.311 e. The van der Waals surface area contributed by atoms with E-state index in [4.69, 9.17) is 0 Å². The van der Waals surface area contributed by atoms with Crippen molar-refractivity contribution in [3.8, 4) is 0 Å². The van der Waals surface area contributed by atoms with E-state index in [1.165, 1.54) is 6.07 Å². The maximum absolute atomic E-state index is 12.6. The van der Waals surface area contributed by atoms with Crippen molar-refractivity contribution in [3.05, 3.63) is 47.3 Å². The Balaban J connectivity index is 2.02. The predicted octanol–water partition coefficient (Wildman–Crippen LogP) is 2.84. The van der Waals surface area contributed by atoms with Crippen LogP contribution in [0, 0.1) is 0 Å². The zero-order valence-electron chi connectivity index (χ0n) is 11.7. The van der Waals surface area contributed by atoms with Crippen molar-refractivity contribution in [1.29, 1.82) is 0 Å². The van der Waals surface area contributed by atoms with Crippen LogP contribution in [0.4, 0.5) is 13.2 Å². The van der Waals surface area contributed by atoms with E-state index in [1.54, 1.807) is 16.9 Å². The molecule has 0 aliphatic carbocycles. The normalized spacial score (nSPS) is 11.8. The number of nitrogens with zero attached hydrogens (tertiary/aromatic N) is 3. The van der Waals surface area contributed by atoms with E-state index < -0.39 is 11.7 Å². The van der Waals surface area contributed by atoms with Crippen LogP contribution in [0.15, 0.2) is 30.5 Å². The molecule has 2 aromatic rings. The van der Waals surface area contributed by atoms with Crippen LogP contribution >= 0.6 is 0 Å². The van der Waals surface area contributed by atoms with E-state index in [2.05, 4.69) is 22.6 Å². The Morgan fingerprint density at radius 2 is 2.10 bits per heavy atom. The van der Waals surface area contributed by atoms with Crippen LogP contribution in [-0.2, 0) is 19.3 Å². The second-order valence-electron chi connectivity index (χ2n) is 4.78. The average molecular weight is 298 g/mol. The van der Waals surface area contributed by atoms with Gasteiger partial charge in [0, 0.05) is 6.54 Å². The van der Waals surface area contributed by atoms with Gasteiger partial charge in [0.2, 0.25) is 0 Å². The fraction of sp³-hybridized carbons (Fsp3) is 0.429. The highest BCUT2D eigenvalue weighted by Crippen LogP contribution is 2.29. The number of hydrogen-bond donors (Lipinski definition) is 1. The van der Waals surface area contributed by atoms with Crippen LogP contribution in [0.5, 0.6) is 0 Å². The molecule has 4 nitrogen and oxygen atoms in total. The third-order valence-corrected chi connectivity index (χ3v) is 2.92. The Morgan fingerprint density at radius 1 is 1.29 bits per heavy atom. The fourth-order valence-corrected chi connectivity index (χ4v) is 1.92. The highest BCUT2D eigenvalue weighted by atomic mass is 19.4. The summed E-state index contributed by atoms with van der Waals surface area (Å²) in [5.74, 6) is 0. The number of benzene rings is 1. The summed E-state index contributed by atoms with van der Waals surface area (Å²) in [6, 6.07) is 5.24. The van der Waals surface area contributed by atoms with Crippen molar-refractivity contribution in [2.45, 2.75) is 32.6 Å². The number of rotatable bonds is 6. The molecule has 1 aromatic carbocycles. The Hall–Kier alpha value is -1.89. The van der Waals surface area contributed by atoms with Gasteiger partial charge in [0.15, 0.2) is 0 Å². The summed E-state index contributed by atoms with van der Waals surface area (Å²) in [6.07, 6.45) is -1.56. The van der Waals surface area contributed by atoms with E-state index in [0.717, 1.165) is 30.8 Å². The molecular formula is C14H17F3N4.